The number of ether oxygens (including phenoxy) is 2. The first kappa shape index (κ1) is 27.1. The van der Waals surface area contributed by atoms with Crippen molar-refractivity contribution in [3.63, 3.8) is 0 Å². The lowest BCUT2D eigenvalue weighted by molar-refractivity contribution is -0.535. The molecular weight excluding hydrogens is 476 g/mol. The van der Waals surface area contributed by atoms with Crippen molar-refractivity contribution in [2.24, 2.45) is 0 Å². The van der Waals surface area contributed by atoms with Gasteiger partial charge >= 0.3 is 54.3 Å². The molecular formula is C9F16O4. The molecule has 0 spiro atoms. The molecule has 0 N–H and O–H groups in total. The summed E-state index contributed by atoms with van der Waals surface area (Å²) in [7, 11) is 0. The number of carbonyl (C=O) groups excluding carboxylic acids is 2. The molecule has 0 aliphatic heterocycles. The highest BCUT2D eigenvalue weighted by Crippen LogP contribution is 2.54. The summed E-state index contributed by atoms with van der Waals surface area (Å²) < 4.78 is 204. The van der Waals surface area contributed by atoms with E-state index in [9.17, 15) is 79.8 Å². The van der Waals surface area contributed by atoms with Gasteiger partial charge in [0.05, 0.1) is 0 Å². The van der Waals surface area contributed by atoms with Crippen molar-refractivity contribution >= 4 is 12.1 Å². The predicted molar refractivity (Wildman–Crippen MR) is 49.0 cm³/mol. The minimum absolute atomic E-state index is 1.55. The molecule has 0 amide bonds. The molecule has 0 radical (unpaired) electrons. The summed E-state index contributed by atoms with van der Waals surface area (Å²) >= 11 is 0. The number of hydrogen-bond acceptors (Lipinski definition) is 4. The molecule has 0 aromatic carbocycles. The van der Waals surface area contributed by atoms with Crippen LogP contribution >= 0.6 is 0 Å². The summed E-state index contributed by atoms with van der Waals surface area (Å²) in [5.41, 5.74) is 0. The van der Waals surface area contributed by atoms with Crippen LogP contribution in [0.15, 0.2) is 0 Å². The van der Waals surface area contributed by atoms with Gasteiger partial charge in [-0.05, 0) is 0 Å². The smallest absolute Gasteiger partial charge is 0.265 e. The monoisotopic (exact) mass is 476 g/mol. The molecule has 0 saturated carbocycles. The Morgan fingerprint density at radius 3 is 0.862 bits per heavy atom. The minimum atomic E-state index is -8.02. The highest BCUT2D eigenvalue weighted by molar-refractivity contribution is 5.78. The molecule has 0 rings (SSSR count). The molecule has 0 aliphatic carbocycles. The largest absolute Gasteiger partial charge is 0.462 e. The van der Waals surface area contributed by atoms with Crippen molar-refractivity contribution in [2.45, 2.75) is 42.2 Å². The van der Waals surface area contributed by atoms with Crippen LogP contribution in [0.2, 0.25) is 0 Å². The topological polar surface area (TPSA) is 52.6 Å². The first-order valence-corrected chi connectivity index (χ1v) is 5.75. The third kappa shape index (κ3) is 4.51. The number of alkyl halides is 14. The SMILES string of the molecule is O=C(F)C(F)(OC(F)(OC(F)(C(=O)F)C(F)(F)F)C(F)(F)C(F)(F)F)C(F)(F)F. The molecule has 0 aromatic rings. The van der Waals surface area contributed by atoms with Gasteiger partial charge < -0.3 is 0 Å². The minimum Gasteiger partial charge on any atom is -0.265 e. The van der Waals surface area contributed by atoms with Crippen LogP contribution in [0.3, 0.4) is 0 Å². The number of hydrogen-bond donors (Lipinski definition) is 0. The Morgan fingerprint density at radius 1 is 0.483 bits per heavy atom. The number of carbonyl (C=O) groups is 2. The maximum atomic E-state index is 13.8. The number of halogens is 16. The van der Waals surface area contributed by atoms with Gasteiger partial charge in [-0.15, -0.1) is 0 Å². The van der Waals surface area contributed by atoms with Crippen LogP contribution in [0.1, 0.15) is 0 Å². The van der Waals surface area contributed by atoms with E-state index in [1.807, 2.05) is 0 Å². The van der Waals surface area contributed by atoms with E-state index in [0.717, 1.165) is 0 Å². The molecule has 29 heavy (non-hydrogen) atoms. The summed E-state index contributed by atoms with van der Waals surface area (Å²) in [4.78, 5) is 19.9. The van der Waals surface area contributed by atoms with Gasteiger partial charge in [0.25, 0.3) is 0 Å². The zero-order valence-corrected chi connectivity index (χ0v) is 12.2. The summed E-state index contributed by atoms with van der Waals surface area (Å²) in [6, 6.07) is -17.4. The highest BCUT2D eigenvalue weighted by Gasteiger charge is 2.83. The molecule has 20 heteroatoms. The van der Waals surface area contributed by atoms with Gasteiger partial charge in [0.1, 0.15) is 0 Å². The van der Waals surface area contributed by atoms with Crippen molar-refractivity contribution in [2.75, 3.05) is 0 Å². The Morgan fingerprint density at radius 2 is 0.724 bits per heavy atom. The highest BCUT2D eigenvalue weighted by atomic mass is 19.4. The maximum Gasteiger partial charge on any atom is 0.462 e. The normalized spacial score (nSPS) is 20.4. The summed E-state index contributed by atoms with van der Waals surface area (Å²) in [5, 5.41) is 0. The average molecular weight is 476 g/mol. The lowest BCUT2D eigenvalue weighted by Gasteiger charge is -2.39. The van der Waals surface area contributed by atoms with Crippen molar-refractivity contribution in [1.82, 2.24) is 0 Å². The van der Waals surface area contributed by atoms with E-state index in [0.29, 0.717) is 0 Å². The number of rotatable bonds is 7. The molecule has 0 aliphatic rings. The Bertz CT molecular complexity index is 608. The second kappa shape index (κ2) is 7.13. The Labute approximate surface area is 145 Å². The van der Waals surface area contributed by atoms with Crippen molar-refractivity contribution in [1.29, 1.82) is 0 Å². The Hall–Kier alpha value is -1.86. The summed E-state index contributed by atoms with van der Waals surface area (Å²) in [5.74, 6) is -22.6. The second-order valence-electron chi connectivity index (χ2n) is 4.55. The van der Waals surface area contributed by atoms with Crippen LogP contribution in [0.4, 0.5) is 70.2 Å². The molecule has 0 aromatic heterocycles. The standard InChI is InChI=1S/C9F16O4/c10-1(26)3(12,6(16,17)18)28-9(25,5(14,15)8(22,23)24)29-4(13,2(11)27)7(19,20)21. The molecule has 2 atom stereocenters. The van der Waals surface area contributed by atoms with Crippen molar-refractivity contribution in [3.05, 3.63) is 0 Å². The summed E-state index contributed by atoms with van der Waals surface area (Å²) in [6.45, 7) is 0. The zero-order valence-electron chi connectivity index (χ0n) is 12.2. The Balaban J connectivity index is 6.93. The molecule has 172 valence electrons. The zero-order chi connectivity index (χ0) is 24.1. The molecule has 0 bridgehead atoms. The molecule has 2 unspecified atom stereocenters. The fourth-order valence-corrected chi connectivity index (χ4v) is 1.10. The van der Waals surface area contributed by atoms with E-state index in [1.165, 1.54) is 0 Å². The van der Waals surface area contributed by atoms with Crippen LogP contribution in [0.25, 0.3) is 0 Å². The van der Waals surface area contributed by atoms with E-state index in [4.69, 9.17) is 0 Å². The second-order valence-corrected chi connectivity index (χ2v) is 4.55. The van der Waals surface area contributed by atoms with E-state index in [2.05, 4.69) is 0 Å². The summed E-state index contributed by atoms with van der Waals surface area (Å²) in [6.07, 6.45) is -22.6. The van der Waals surface area contributed by atoms with Crippen LogP contribution in [0.5, 0.6) is 0 Å². The van der Waals surface area contributed by atoms with E-state index < -0.39 is 54.3 Å². The maximum absolute atomic E-state index is 13.8. The van der Waals surface area contributed by atoms with Crippen LogP contribution in [-0.2, 0) is 19.1 Å². The van der Waals surface area contributed by atoms with Crippen LogP contribution in [-0.4, -0.2) is 54.3 Å². The first-order chi connectivity index (χ1) is 12.3. The fraction of sp³-hybridized carbons (Fsp3) is 0.778. The van der Waals surface area contributed by atoms with E-state index in [1.54, 1.807) is 9.47 Å². The van der Waals surface area contributed by atoms with Gasteiger partial charge in [-0.2, -0.15) is 70.2 Å². The van der Waals surface area contributed by atoms with E-state index in [-0.39, 0.29) is 0 Å². The molecule has 0 saturated heterocycles. The van der Waals surface area contributed by atoms with Gasteiger partial charge in [0, 0.05) is 0 Å². The van der Waals surface area contributed by atoms with Gasteiger partial charge in [-0.25, -0.2) is 0 Å². The lowest BCUT2D eigenvalue weighted by atomic mass is 10.2. The van der Waals surface area contributed by atoms with Crippen LogP contribution < -0.4 is 0 Å². The van der Waals surface area contributed by atoms with Gasteiger partial charge in [-0.3, -0.25) is 19.1 Å². The van der Waals surface area contributed by atoms with Crippen LogP contribution in [0, 0.1) is 0 Å². The first-order valence-electron chi connectivity index (χ1n) is 5.75. The quantitative estimate of drug-likeness (QED) is 0.313. The fourth-order valence-electron chi connectivity index (χ4n) is 1.10. The predicted octanol–water partition coefficient (Wildman–Crippen LogP) is 4.29. The van der Waals surface area contributed by atoms with Gasteiger partial charge in [0.2, 0.25) is 0 Å². The third-order valence-corrected chi connectivity index (χ3v) is 2.51. The lowest BCUT2D eigenvalue weighted by Crippen LogP contribution is -2.67. The average Bonchev–Trinajstić information content (AvgIpc) is 2.42. The van der Waals surface area contributed by atoms with Gasteiger partial charge in [0.15, 0.2) is 0 Å². The van der Waals surface area contributed by atoms with Gasteiger partial charge in [-0.1, -0.05) is 0 Å². The van der Waals surface area contributed by atoms with E-state index >= 15 is 0 Å². The van der Waals surface area contributed by atoms with Crippen molar-refractivity contribution in [3.8, 4) is 0 Å². The molecule has 4 nitrogen and oxygen atoms in total. The third-order valence-electron chi connectivity index (χ3n) is 2.51. The molecule has 0 heterocycles. The Kier molecular flexibility index (Phi) is 6.67. The van der Waals surface area contributed by atoms with Crippen molar-refractivity contribution < 1.29 is 89.3 Å². The molecule has 0 fully saturated rings.